The smallest absolute Gasteiger partial charge is 0.328 e. The Morgan fingerprint density at radius 3 is 2.80 bits per heavy atom. The number of anilines is 1. The fraction of sp³-hybridized carbons (Fsp3) is 0.455. The Bertz CT molecular complexity index is 620. The zero-order valence-electron chi connectivity index (χ0n) is 11.2. The van der Waals surface area contributed by atoms with E-state index < -0.39 is 5.97 Å². The highest BCUT2D eigenvalue weighted by Gasteiger charge is 2.15. The van der Waals surface area contributed by atoms with Gasteiger partial charge >= 0.3 is 5.97 Å². The average Bonchev–Trinajstić information content (AvgIpc) is 2.92. The molecule has 0 aliphatic carbocycles. The number of esters is 1. The third-order valence-electron chi connectivity index (χ3n) is 2.72. The second kappa shape index (κ2) is 5.91. The molecule has 0 saturated carbocycles. The maximum atomic E-state index is 11.7. The summed E-state index contributed by atoms with van der Waals surface area (Å²) in [5, 5.41) is 8.58. The predicted molar refractivity (Wildman–Crippen MR) is 71.8 cm³/mol. The summed E-state index contributed by atoms with van der Waals surface area (Å²) in [7, 11) is 1.76. The predicted octanol–water partition coefficient (Wildman–Crippen LogP) is 0.553. The lowest BCUT2D eigenvalue weighted by atomic mass is 10.3. The Hall–Kier alpha value is -2.09. The van der Waals surface area contributed by atoms with Crippen molar-refractivity contribution < 1.29 is 9.53 Å². The van der Waals surface area contributed by atoms with Crippen LogP contribution in [0.3, 0.4) is 0 Å². The minimum Gasteiger partial charge on any atom is -0.458 e. The van der Waals surface area contributed by atoms with Gasteiger partial charge in [0.1, 0.15) is 19.5 Å². The van der Waals surface area contributed by atoms with Crippen LogP contribution in [0.4, 0.5) is 5.95 Å². The average molecular weight is 299 g/mol. The standard InChI is InChI=1S/C11H15ClN6O2/c1-3-7-10(12)8(17(2)15-7)5-20-9(19)4-18-6-14-11(13)16-18/h6H,3-5H2,1-2H3,(H2,13,16). The Morgan fingerprint density at radius 1 is 1.50 bits per heavy atom. The number of carbonyl (C=O) groups is 1. The summed E-state index contributed by atoms with van der Waals surface area (Å²) in [4.78, 5) is 15.4. The van der Waals surface area contributed by atoms with Gasteiger partial charge in [-0.25, -0.2) is 9.67 Å². The van der Waals surface area contributed by atoms with Crippen LogP contribution in [0.5, 0.6) is 0 Å². The minimum absolute atomic E-state index is 0.0553. The lowest BCUT2D eigenvalue weighted by molar-refractivity contribution is -0.146. The summed E-state index contributed by atoms with van der Waals surface area (Å²) < 4.78 is 8.07. The topological polar surface area (TPSA) is 101 Å². The van der Waals surface area contributed by atoms with Gasteiger partial charge < -0.3 is 10.5 Å². The molecule has 20 heavy (non-hydrogen) atoms. The number of carbonyl (C=O) groups excluding carboxylic acids is 1. The van der Waals surface area contributed by atoms with Crippen molar-refractivity contribution in [2.24, 2.45) is 7.05 Å². The van der Waals surface area contributed by atoms with Crippen molar-refractivity contribution in [3.8, 4) is 0 Å². The van der Waals surface area contributed by atoms with Gasteiger partial charge in [-0.3, -0.25) is 9.48 Å². The minimum atomic E-state index is -0.454. The third kappa shape index (κ3) is 3.08. The molecular weight excluding hydrogens is 284 g/mol. The van der Waals surface area contributed by atoms with Crippen LogP contribution >= 0.6 is 11.6 Å². The van der Waals surface area contributed by atoms with Crippen LogP contribution in [-0.2, 0) is 36.2 Å². The third-order valence-corrected chi connectivity index (χ3v) is 3.15. The van der Waals surface area contributed by atoms with E-state index in [4.69, 9.17) is 22.1 Å². The molecule has 0 amide bonds. The molecule has 0 aliphatic heterocycles. The fourth-order valence-corrected chi connectivity index (χ4v) is 2.04. The van der Waals surface area contributed by atoms with Crippen molar-refractivity contribution in [3.63, 3.8) is 0 Å². The number of hydrogen-bond acceptors (Lipinski definition) is 6. The van der Waals surface area contributed by atoms with Crippen LogP contribution < -0.4 is 5.73 Å². The summed E-state index contributed by atoms with van der Waals surface area (Å²) in [5.74, 6) is -0.342. The van der Waals surface area contributed by atoms with Gasteiger partial charge in [0.2, 0.25) is 5.95 Å². The van der Waals surface area contributed by atoms with E-state index in [1.54, 1.807) is 11.7 Å². The number of hydrogen-bond donors (Lipinski definition) is 1. The van der Waals surface area contributed by atoms with Crippen molar-refractivity contribution >= 4 is 23.5 Å². The summed E-state index contributed by atoms with van der Waals surface area (Å²) in [6.07, 6.45) is 2.09. The van der Waals surface area contributed by atoms with E-state index in [9.17, 15) is 4.79 Å². The first kappa shape index (κ1) is 14.3. The molecule has 9 heteroatoms. The molecule has 0 bridgehead atoms. The molecule has 2 heterocycles. The molecular formula is C11H15ClN6O2. The van der Waals surface area contributed by atoms with E-state index in [0.717, 1.165) is 12.1 Å². The highest BCUT2D eigenvalue weighted by atomic mass is 35.5. The summed E-state index contributed by atoms with van der Waals surface area (Å²) in [6, 6.07) is 0. The SMILES string of the molecule is CCc1nn(C)c(COC(=O)Cn2cnc(N)n2)c1Cl. The number of nitrogens with two attached hydrogens (primary N) is 1. The Morgan fingerprint density at radius 2 is 2.25 bits per heavy atom. The zero-order chi connectivity index (χ0) is 14.7. The number of ether oxygens (including phenoxy) is 1. The van der Waals surface area contributed by atoms with E-state index in [0.29, 0.717) is 10.7 Å². The molecule has 0 aromatic carbocycles. The molecule has 2 N–H and O–H groups in total. The quantitative estimate of drug-likeness (QED) is 0.809. The highest BCUT2D eigenvalue weighted by molar-refractivity contribution is 6.31. The Labute approximate surface area is 120 Å². The maximum absolute atomic E-state index is 11.7. The molecule has 2 aromatic heterocycles. The zero-order valence-corrected chi connectivity index (χ0v) is 12.0. The number of nitrogens with zero attached hydrogens (tertiary/aromatic N) is 5. The van der Waals surface area contributed by atoms with Crippen LogP contribution in [-0.4, -0.2) is 30.5 Å². The normalized spacial score (nSPS) is 10.8. The summed E-state index contributed by atoms with van der Waals surface area (Å²) in [5.41, 5.74) is 6.80. The van der Waals surface area contributed by atoms with Crippen molar-refractivity contribution in [3.05, 3.63) is 22.7 Å². The Kier molecular flexibility index (Phi) is 4.23. The van der Waals surface area contributed by atoms with Gasteiger partial charge in [0.25, 0.3) is 0 Å². The van der Waals surface area contributed by atoms with Crippen molar-refractivity contribution in [1.29, 1.82) is 0 Å². The first-order chi connectivity index (χ1) is 9.51. The molecule has 0 spiro atoms. The van der Waals surface area contributed by atoms with Crippen molar-refractivity contribution in [2.75, 3.05) is 5.73 Å². The van der Waals surface area contributed by atoms with E-state index in [2.05, 4.69) is 15.2 Å². The first-order valence-corrected chi connectivity index (χ1v) is 6.39. The van der Waals surface area contributed by atoms with Gasteiger partial charge in [-0.2, -0.15) is 5.10 Å². The lowest BCUT2D eigenvalue weighted by Crippen LogP contribution is -2.15. The summed E-state index contributed by atoms with van der Waals surface area (Å²) in [6.45, 7) is 1.96. The molecule has 108 valence electrons. The van der Waals surface area contributed by atoms with Crippen LogP contribution in [0.2, 0.25) is 5.02 Å². The van der Waals surface area contributed by atoms with Crippen molar-refractivity contribution in [1.82, 2.24) is 24.5 Å². The number of aryl methyl sites for hydroxylation is 2. The summed E-state index contributed by atoms with van der Waals surface area (Å²) >= 11 is 6.16. The molecule has 0 unspecified atom stereocenters. The number of rotatable bonds is 5. The van der Waals surface area contributed by atoms with Gasteiger partial charge in [-0.05, 0) is 6.42 Å². The van der Waals surface area contributed by atoms with Crippen LogP contribution in [0.25, 0.3) is 0 Å². The molecule has 0 radical (unpaired) electrons. The lowest BCUT2D eigenvalue weighted by Gasteiger charge is -2.05. The molecule has 0 fully saturated rings. The van der Waals surface area contributed by atoms with E-state index in [1.807, 2.05) is 6.92 Å². The van der Waals surface area contributed by atoms with Gasteiger partial charge in [0, 0.05) is 7.05 Å². The number of nitrogen functional groups attached to an aromatic ring is 1. The molecule has 2 aromatic rings. The second-order valence-corrected chi connectivity index (χ2v) is 4.52. The van der Waals surface area contributed by atoms with Crippen molar-refractivity contribution in [2.45, 2.75) is 26.5 Å². The van der Waals surface area contributed by atoms with E-state index >= 15 is 0 Å². The largest absolute Gasteiger partial charge is 0.458 e. The Balaban J connectivity index is 1.95. The number of aromatic nitrogens is 5. The van der Waals surface area contributed by atoms with Gasteiger partial charge in [0.15, 0.2) is 0 Å². The maximum Gasteiger partial charge on any atom is 0.328 e. The molecule has 0 atom stereocenters. The molecule has 0 aliphatic rings. The van der Waals surface area contributed by atoms with Crippen LogP contribution in [0.15, 0.2) is 6.33 Å². The van der Waals surface area contributed by atoms with Crippen LogP contribution in [0.1, 0.15) is 18.3 Å². The number of halogens is 1. The molecule has 2 rings (SSSR count). The van der Waals surface area contributed by atoms with E-state index in [1.165, 1.54) is 11.0 Å². The van der Waals surface area contributed by atoms with E-state index in [-0.39, 0.29) is 19.1 Å². The first-order valence-electron chi connectivity index (χ1n) is 6.02. The monoisotopic (exact) mass is 298 g/mol. The van der Waals surface area contributed by atoms with Gasteiger partial charge in [-0.1, -0.05) is 18.5 Å². The fourth-order valence-electron chi connectivity index (χ4n) is 1.69. The second-order valence-electron chi connectivity index (χ2n) is 4.15. The molecule has 0 saturated heterocycles. The molecule has 8 nitrogen and oxygen atoms in total. The van der Waals surface area contributed by atoms with Crippen LogP contribution in [0, 0.1) is 0 Å². The highest BCUT2D eigenvalue weighted by Crippen LogP contribution is 2.21. The van der Waals surface area contributed by atoms with Gasteiger partial charge in [-0.15, -0.1) is 5.10 Å². The van der Waals surface area contributed by atoms with Gasteiger partial charge in [0.05, 0.1) is 16.4 Å².